The number of methoxy groups -OCH3 is 2. The van der Waals surface area contributed by atoms with Gasteiger partial charge >= 0.3 is 0 Å². The molecule has 1 heterocycles. The second kappa shape index (κ2) is 10.7. The summed E-state index contributed by atoms with van der Waals surface area (Å²) < 4.78 is 15.9. The van der Waals surface area contributed by atoms with Crippen molar-refractivity contribution in [3.05, 3.63) is 60.0 Å². The normalized spacial score (nSPS) is 10.6. The van der Waals surface area contributed by atoms with Crippen molar-refractivity contribution < 1.29 is 18.8 Å². The highest BCUT2D eigenvalue weighted by Gasteiger charge is 2.17. The highest BCUT2D eigenvalue weighted by Crippen LogP contribution is 2.31. The predicted octanol–water partition coefficient (Wildman–Crippen LogP) is 4.04. The van der Waals surface area contributed by atoms with E-state index < -0.39 is 0 Å². The minimum atomic E-state index is 0.0392. The van der Waals surface area contributed by atoms with Gasteiger partial charge in [-0.05, 0) is 17.7 Å². The Balaban J connectivity index is 1.52. The van der Waals surface area contributed by atoms with Crippen LogP contribution in [0.2, 0.25) is 0 Å². The first-order valence-electron chi connectivity index (χ1n) is 9.51. The van der Waals surface area contributed by atoms with Crippen LogP contribution in [0.5, 0.6) is 11.5 Å². The molecule has 2 aromatic carbocycles. The third kappa shape index (κ3) is 5.76. The van der Waals surface area contributed by atoms with Gasteiger partial charge in [0.15, 0.2) is 0 Å². The lowest BCUT2D eigenvalue weighted by molar-refractivity contribution is -0.130. The molecule has 3 aromatic rings. The molecule has 7 nitrogen and oxygen atoms in total. The lowest BCUT2D eigenvalue weighted by Gasteiger charge is -2.14. The summed E-state index contributed by atoms with van der Waals surface area (Å²) in [6.07, 6.45) is 0.460. The van der Waals surface area contributed by atoms with Gasteiger partial charge in [0.25, 0.3) is 0 Å². The summed E-state index contributed by atoms with van der Waals surface area (Å²) in [7, 11) is 4.90. The highest BCUT2D eigenvalue weighted by atomic mass is 32.2. The van der Waals surface area contributed by atoms with Gasteiger partial charge in [-0.2, -0.15) is 16.7 Å². The average Bonchev–Trinajstić information content (AvgIpc) is 3.24. The maximum atomic E-state index is 12.4. The minimum absolute atomic E-state index is 0.0392. The lowest BCUT2D eigenvalue weighted by Crippen LogP contribution is -2.26. The molecule has 0 fully saturated rings. The number of thioether (sulfide) groups is 1. The Hall–Kier alpha value is -3.00. The number of ether oxygens (including phenoxy) is 2. The van der Waals surface area contributed by atoms with Crippen molar-refractivity contribution in [1.29, 1.82) is 0 Å². The van der Waals surface area contributed by atoms with Crippen LogP contribution in [0.25, 0.3) is 11.4 Å². The van der Waals surface area contributed by atoms with E-state index in [1.807, 2.05) is 24.3 Å². The topological polar surface area (TPSA) is 77.7 Å². The summed E-state index contributed by atoms with van der Waals surface area (Å²) in [5.41, 5.74) is 1.95. The monoisotopic (exact) mass is 427 g/mol. The molecule has 1 amide bonds. The first-order valence-corrected chi connectivity index (χ1v) is 10.7. The number of nitrogens with zero attached hydrogens (tertiary/aromatic N) is 3. The van der Waals surface area contributed by atoms with E-state index in [1.165, 1.54) is 5.56 Å². The van der Waals surface area contributed by atoms with Crippen LogP contribution in [0.1, 0.15) is 17.9 Å². The fourth-order valence-electron chi connectivity index (χ4n) is 2.82. The molecular weight excluding hydrogens is 402 g/mol. The van der Waals surface area contributed by atoms with E-state index >= 15 is 0 Å². The number of hydrogen-bond donors (Lipinski definition) is 0. The van der Waals surface area contributed by atoms with Crippen LogP contribution in [-0.2, 0) is 17.1 Å². The highest BCUT2D eigenvalue weighted by molar-refractivity contribution is 7.98. The summed E-state index contributed by atoms with van der Waals surface area (Å²) in [5, 5.41) is 4.02. The van der Waals surface area contributed by atoms with Gasteiger partial charge in [0.1, 0.15) is 11.5 Å². The molecule has 0 saturated carbocycles. The van der Waals surface area contributed by atoms with Crippen LogP contribution in [0.4, 0.5) is 0 Å². The lowest BCUT2D eigenvalue weighted by atomic mass is 10.2. The third-order valence-corrected chi connectivity index (χ3v) is 5.52. The Morgan fingerprint density at radius 1 is 1.13 bits per heavy atom. The summed E-state index contributed by atoms with van der Waals surface area (Å²) in [6.45, 7) is 0.258. The van der Waals surface area contributed by atoms with Gasteiger partial charge in [0.05, 0.1) is 26.3 Å². The van der Waals surface area contributed by atoms with Gasteiger partial charge in [-0.3, -0.25) is 4.79 Å². The number of benzene rings is 2. The summed E-state index contributed by atoms with van der Waals surface area (Å²) in [5.74, 6) is 3.73. The molecule has 0 spiro atoms. The number of aromatic nitrogens is 2. The maximum Gasteiger partial charge on any atom is 0.246 e. The molecule has 8 heteroatoms. The Morgan fingerprint density at radius 3 is 2.67 bits per heavy atom. The van der Waals surface area contributed by atoms with Crippen LogP contribution in [0.3, 0.4) is 0 Å². The minimum Gasteiger partial charge on any atom is -0.497 e. The van der Waals surface area contributed by atoms with E-state index in [0.717, 1.165) is 11.5 Å². The van der Waals surface area contributed by atoms with E-state index in [2.05, 4.69) is 22.3 Å². The molecule has 158 valence electrons. The van der Waals surface area contributed by atoms with Crippen molar-refractivity contribution in [2.45, 2.75) is 18.7 Å². The Morgan fingerprint density at radius 2 is 1.93 bits per heavy atom. The van der Waals surface area contributed by atoms with Crippen molar-refractivity contribution in [2.75, 3.05) is 27.0 Å². The quantitative estimate of drug-likeness (QED) is 0.452. The number of amides is 1. The average molecular weight is 428 g/mol. The number of carbonyl (C=O) groups excluding carboxylic acids is 1. The zero-order valence-corrected chi connectivity index (χ0v) is 18.1. The molecule has 0 aliphatic carbocycles. The molecule has 0 N–H and O–H groups in total. The van der Waals surface area contributed by atoms with Crippen LogP contribution < -0.4 is 9.47 Å². The fourth-order valence-corrected chi connectivity index (χ4v) is 3.71. The van der Waals surface area contributed by atoms with Gasteiger partial charge in [0, 0.05) is 31.0 Å². The standard InChI is InChI=1S/C22H25N3O4S/c1-25(21(26)11-12-30-15-16-7-5-4-6-8-16)14-20-23-22(24-29-20)18-10-9-17(27-2)13-19(18)28-3/h4-10,13H,11-12,14-15H2,1-3H3. The van der Waals surface area contributed by atoms with E-state index in [9.17, 15) is 4.79 Å². The molecule has 0 saturated heterocycles. The second-order valence-corrected chi connectivity index (χ2v) is 7.72. The third-order valence-electron chi connectivity index (χ3n) is 4.49. The predicted molar refractivity (Wildman–Crippen MR) is 117 cm³/mol. The number of hydrogen-bond acceptors (Lipinski definition) is 7. The van der Waals surface area contributed by atoms with Gasteiger partial charge in [-0.1, -0.05) is 35.5 Å². The molecule has 0 aliphatic rings. The van der Waals surface area contributed by atoms with Gasteiger partial charge in [-0.15, -0.1) is 0 Å². The summed E-state index contributed by atoms with van der Waals surface area (Å²) in [6, 6.07) is 15.6. The van der Waals surface area contributed by atoms with Crippen molar-refractivity contribution in [3.63, 3.8) is 0 Å². The molecule has 3 rings (SSSR count). The molecule has 0 bridgehead atoms. The smallest absolute Gasteiger partial charge is 0.246 e. The maximum absolute atomic E-state index is 12.4. The molecule has 0 unspecified atom stereocenters. The molecular formula is C22H25N3O4S. The van der Waals surface area contributed by atoms with Crippen molar-refractivity contribution in [3.8, 4) is 22.9 Å². The first-order chi connectivity index (χ1) is 14.6. The summed E-state index contributed by atoms with van der Waals surface area (Å²) >= 11 is 1.74. The molecule has 0 aliphatic heterocycles. The Labute approximate surface area is 180 Å². The van der Waals surface area contributed by atoms with E-state index in [1.54, 1.807) is 50.1 Å². The second-order valence-electron chi connectivity index (χ2n) is 6.62. The molecule has 1 aromatic heterocycles. The Kier molecular flexibility index (Phi) is 7.73. The van der Waals surface area contributed by atoms with E-state index in [-0.39, 0.29) is 12.5 Å². The zero-order chi connectivity index (χ0) is 21.3. The van der Waals surface area contributed by atoms with Crippen LogP contribution >= 0.6 is 11.8 Å². The van der Waals surface area contributed by atoms with Gasteiger partial charge in [-0.25, -0.2) is 0 Å². The van der Waals surface area contributed by atoms with E-state index in [4.69, 9.17) is 14.0 Å². The fraction of sp³-hybridized carbons (Fsp3) is 0.318. The summed E-state index contributed by atoms with van der Waals surface area (Å²) in [4.78, 5) is 18.4. The molecule has 0 atom stereocenters. The van der Waals surface area contributed by atoms with Gasteiger partial charge in [0.2, 0.25) is 17.6 Å². The molecule has 0 radical (unpaired) electrons. The molecule has 30 heavy (non-hydrogen) atoms. The largest absolute Gasteiger partial charge is 0.497 e. The first kappa shape index (κ1) is 21.7. The zero-order valence-electron chi connectivity index (χ0n) is 17.3. The number of carbonyl (C=O) groups is 1. The van der Waals surface area contributed by atoms with Crippen molar-refractivity contribution >= 4 is 17.7 Å². The Bertz CT molecular complexity index is 962. The van der Waals surface area contributed by atoms with Crippen LogP contribution in [-0.4, -0.2) is 48.0 Å². The van der Waals surface area contributed by atoms with Crippen molar-refractivity contribution in [1.82, 2.24) is 15.0 Å². The van der Waals surface area contributed by atoms with Crippen LogP contribution in [0.15, 0.2) is 53.1 Å². The number of rotatable bonds is 10. The SMILES string of the molecule is COc1ccc(-c2noc(CN(C)C(=O)CCSCc3ccccc3)n2)c(OC)c1. The van der Waals surface area contributed by atoms with Gasteiger partial charge < -0.3 is 18.9 Å². The van der Waals surface area contributed by atoms with E-state index in [0.29, 0.717) is 35.2 Å². The van der Waals surface area contributed by atoms with Crippen molar-refractivity contribution in [2.24, 2.45) is 0 Å². The van der Waals surface area contributed by atoms with Crippen LogP contribution in [0, 0.1) is 0 Å².